The predicted octanol–water partition coefficient (Wildman–Crippen LogP) is 2.52. The summed E-state index contributed by atoms with van der Waals surface area (Å²) in [6, 6.07) is 4.58. The molecule has 0 amide bonds. The van der Waals surface area contributed by atoms with Crippen LogP contribution in [-0.2, 0) is 0 Å². The highest BCUT2D eigenvalue weighted by atomic mass is 35.5. The fourth-order valence-electron chi connectivity index (χ4n) is 1.56. The summed E-state index contributed by atoms with van der Waals surface area (Å²) in [4.78, 5) is 21.8. The van der Waals surface area contributed by atoms with Crippen molar-refractivity contribution < 1.29 is 19.8 Å². The standard InChI is InChI=1S/C10H6ClNO4/c11-6-2-1-3-7-8(6)5(9(13)14)4-12(7)10(15)16/h1-4H,(H,13,14)(H,15,16). The highest BCUT2D eigenvalue weighted by Gasteiger charge is 2.18. The SMILES string of the molecule is O=C(O)c1cn(C(=O)O)c2cccc(Cl)c12. The highest BCUT2D eigenvalue weighted by Crippen LogP contribution is 2.28. The van der Waals surface area contributed by atoms with Crippen LogP contribution in [0, 0.1) is 0 Å². The van der Waals surface area contributed by atoms with Gasteiger partial charge in [-0.1, -0.05) is 17.7 Å². The summed E-state index contributed by atoms with van der Waals surface area (Å²) in [6.07, 6.45) is -0.207. The van der Waals surface area contributed by atoms with Crippen LogP contribution in [0.1, 0.15) is 10.4 Å². The first-order valence-electron chi connectivity index (χ1n) is 4.28. The monoisotopic (exact) mass is 239 g/mol. The van der Waals surface area contributed by atoms with Crippen LogP contribution < -0.4 is 0 Å². The van der Waals surface area contributed by atoms with E-state index in [0.29, 0.717) is 0 Å². The predicted molar refractivity (Wildman–Crippen MR) is 57.3 cm³/mol. The maximum Gasteiger partial charge on any atom is 0.416 e. The molecule has 1 heterocycles. The van der Waals surface area contributed by atoms with E-state index in [2.05, 4.69) is 0 Å². The van der Waals surface area contributed by atoms with E-state index in [4.69, 9.17) is 21.8 Å². The van der Waals surface area contributed by atoms with Gasteiger partial charge in [0, 0.05) is 11.6 Å². The first-order valence-corrected chi connectivity index (χ1v) is 4.66. The third-order valence-corrected chi connectivity index (χ3v) is 2.53. The van der Waals surface area contributed by atoms with E-state index in [1.54, 1.807) is 6.07 Å². The van der Waals surface area contributed by atoms with Gasteiger partial charge in [0.1, 0.15) is 0 Å². The van der Waals surface area contributed by atoms with Crippen LogP contribution in [-0.4, -0.2) is 26.8 Å². The van der Waals surface area contributed by atoms with Gasteiger partial charge in [-0.15, -0.1) is 0 Å². The van der Waals surface area contributed by atoms with Crippen molar-refractivity contribution in [3.8, 4) is 0 Å². The molecule has 0 saturated heterocycles. The fourth-order valence-corrected chi connectivity index (χ4v) is 1.84. The van der Waals surface area contributed by atoms with E-state index in [1.807, 2.05) is 0 Å². The molecular weight excluding hydrogens is 234 g/mol. The van der Waals surface area contributed by atoms with Crippen molar-refractivity contribution in [3.05, 3.63) is 35.0 Å². The second-order valence-corrected chi connectivity index (χ2v) is 3.54. The number of hydrogen-bond acceptors (Lipinski definition) is 2. The molecule has 0 radical (unpaired) electrons. The average molecular weight is 240 g/mol. The maximum absolute atomic E-state index is 10.9. The van der Waals surface area contributed by atoms with Gasteiger partial charge in [-0.2, -0.15) is 0 Å². The quantitative estimate of drug-likeness (QED) is 0.801. The Morgan fingerprint density at radius 1 is 1.25 bits per heavy atom. The van der Waals surface area contributed by atoms with E-state index in [-0.39, 0.29) is 21.5 Å². The van der Waals surface area contributed by atoms with Gasteiger partial charge in [-0.3, -0.25) is 4.57 Å². The number of benzene rings is 1. The molecule has 82 valence electrons. The first-order chi connectivity index (χ1) is 7.52. The number of carboxylic acids is 1. The Morgan fingerprint density at radius 3 is 2.50 bits per heavy atom. The number of aromatic carboxylic acids is 1. The Bertz CT molecular complexity index is 602. The minimum absolute atomic E-state index is 0.122. The van der Waals surface area contributed by atoms with E-state index in [9.17, 15) is 9.59 Å². The topological polar surface area (TPSA) is 79.5 Å². The largest absolute Gasteiger partial charge is 0.478 e. The van der Waals surface area contributed by atoms with Gasteiger partial charge in [-0.05, 0) is 12.1 Å². The van der Waals surface area contributed by atoms with Gasteiger partial charge in [-0.25, -0.2) is 9.59 Å². The van der Waals surface area contributed by atoms with Crippen LogP contribution in [0.2, 0.25) is 5.02 Å². The molecule has 5 nitrogen and oxygen atoms in total. The van der Waals surface area contributed by atoms with Crippen LogP contribution in [0.25, 0.3) is 10.9 Å². The van der Waals surface area contributed by atoms with Gasteiger partial charge in [0.2, 0.25) is 0 Å². The lowest BCUT2D eigenvalue weighted by Crippen LogP contribution is -2.05. The van der Waals surface area contributed by atoms with Crippen molar-refractivity contribution in [1.82, 2.24) is 4.57 Å². The Morgan fingerprint density at radius 2 is 1.94 bits per heavy atom. The number of carboxylic acid groups (broad SMARTS) is 2. The molecule has 0 unspecified atom stereocenters. The lowest BCUT2D eigenvalue weighted by molar-refractivity contribution is 0.0699. The molecular formula is C10H6ClNO4. The lowest BCUT2D eigenvalue weighted by atomic mass is 10.2. The number of hydrogen-bond donors (Lipinski definition) is 2. The molecule has 2 rings (SSSR count). The minimum Gasteiger partial charge on any atom is -0.478 e. The Balaban J connectivity index is 2.93. The van der Waals surface area contributed by atoms with Gasteiger partial charge in [0.15, 0.2) is 0 Å². The second kappa shape index (κ2) is 3.53. The smallest absolute Gasteiger partial charge is 0.416 e. The Labute approximate surface area is 94.5 Å². The highest BCUT2D eigenvalue weighted by molar-refractivity contribution is 6.36. The molecule has 0 spiro atoms. The third kappa shape index (κ3) is 1.42. The fraction of sp³-hybridized carbons (Fsp3) is 0. The summed E-state index contributed by atoms with van der Waals surface area (Å²) in [7, 11) is 0. The number of halogens is 1. The summed E-state index contributed by atoms with van der Waals surface area (Å²) in [5.41, 5.74) is 0.139. The number of aromatic nitrogens is 1. The van der Waals surface area contributed by atoms with Crippen molar-refractivity contribution >= 4 is 34.6 Å². The Kier molecular flexibility index (Phi) is 2.32. The van der Waals surface area contributed by atoms with Crippen LogP contribution in [0.15, 0.2) is 24.4 Å². The number of fused-ring (bicyclic) bond motifs is 1. The van der Waals surface area contributed by atoms with Crippen molar-refractivity contribution in [2.24, 2.45) is 0 Å². The van der Waals surface area contributed by atoms with Crippen LogP contribution >= 0.6 is 11.6 Å². The Hall–Kier alpha value is -2.01. The van der Waals surface area contributed by atoms with Crippen molar-refractivity contribution in [3.63, 3.8) is 0 Å². The van der Waals surface area contributed by atoms with Crippen LogP contribution in [0.3, 0.4) is 0 Å². The molecule has 1 aromatic heterocycles. The molecule has 0 aliphatic carbocycles. The second-order valence-electron chi connectivity index (χ2n) is 3.13. The molecule has 0 atom stereocenters. The van der Waals surface area contributed by atoms with Crippen molar-refractivity contribution in [2.45, 2.75) is 0 Å². The zero-order chi connectivity index (χ0) is 11.9. The molecule has 16 heavy (non-hydrogen) atoms. The molecule has 1 aromatic carbocycles. The summed E-state index contributed by atoms with van der Waals surface area (Å²) >= 11 is 5.85. The molecule has 0 saturated carbocycles. The number of carbonyl (C=O) groups is 2. The lowest BCUT2D eigenvalue weighted by Gasteiger charge is -1.97. The van der Waals surface area contributed by atoms with Crippen LogP contribution in [0.5, 0.6) is 0 Å². The normalized spacial score (nSPS) is 10.6. The molecule has 6 heteroatoms. The number of nitrogens with zero attached hydrogens (tertiary/aromatic N) is 1. The van der Waals surface area contributed by atoms with Crippen molar-refractivity contribution in [1.29, 1.82) is 0 Å². The average Bonchev–Trinajstić information content (AvgIpc) is 2.58. The van der Waals surface area contributed by atoms with E-state index >= 15 is 0 Å². The maximum atomic E-state index is 10.9. The summed E-state index contributed by atoms with van der Waals surface area (Å²) in [6.45, 7) is 0. The first kappa shape index (κ1) is 10.5. The van der Waals surface area contributed by atoms with E-state index in [0.717, 1.165) is 10.8 Å². The summed E-state index contributed by atoms with van der Waals surface area (Å²) < 4.78 is 0.838. The molecule has 0 bridgehead atoms. The summed E-state index contributed by atoms with van der Waals surface area (Å²) in [5.74, 6) is -1.21. The van der Waals surface area contributed by atoms with Crippen LogP contribution in [0.4, 0.5) is 4.79 Å². The molecule has 2 N–H and O–H groups in total. The zero-order valence-electron chi connectivity index (χ0n) is 7.85. The molecule has 0 aliphatic heterocycles. The van der Waals surface area contributed by atoms with E-state index < -0.39 is 12.1 Å². The molecule has 2 aromatic rings. The van der Waals surface area contributed by atoms with Gasteiger partial charge in [0.25, 0.3) is 0 Å². The number of rotatable bonds is 1. The van der Waals surface area contributed by atoms with Gasteiger partial charge in [0.05, 0.1) is 16.1 Å². The molecule has 0 fully saturated rings. The van der Waals surface area contributed by atoms with Gasteiger partial charge < -0.3 is 10.2 Å². The van der Waals surface area contributed by atoms with Crippen molar-refractivity contribution in [2.75, 3.05) is 0 Å². The zero-order valence-corrected chi connectivity index (χ0v) is 8.60. The third-order valence-electron chi connectivity index (χ3n) is 2.22. The summed E-state index contributed by atoms with van der Waals surface area (Å²) in [5, 5.41) is 18.3. The van der Waals surface area contributed by atoms with Gasteiger partial charge >= 0.3 is 12.1 Å². The van der Waals surface area contributed by atoms with E-state index in [1.165, 1.54) is 12.1 Å². The minimum atomic E-state index is -1.25. The molecule has 0 aliphatic rings.